The van der Waals surface area contributed by atoms with Gasteiger partial charge in [-0.3, -0.25) is 0 Å². The van der Waals surface area contributed by atoms with Crippen molar-refractivity contribution in [1.82, 2.24) is 10.2 Å². The zero-order chi connectivity index (χ0) is 13.5. The summed E-state index contributed by atoms with van der Waals surface area (Å²) < 4.78 is 5.32. The molecule has 0 bridgehead atoms. The van der Waals surface area contributed by atoms with E-state index in [2.05, 4.69) is 17.1 Å². The standard InChI is InChI=1S/C16H32N2O/c1-14(16-6-3-8-17-11-16)7-10-18-9-4-5-15(12-18)13-19-2/h14-17H,3-13H2,1-2H3. The molecule has 0 aliphatic carbocycles. The molecule has 2 rings (SSSR count). The maximum atomic E-state index is 5.32. The third-order valence-electron chi connectivity index (χ3n) is 5.05. The van der Waals surface area contributed by atoms with E-state index in [9.17, 15) is 0 Å². The zero-order valence-corrected chi connectivity index (χ0v) is 12.9. The van der Waals surface area contributed by atoms with Crippen molar-refractivity contribution in [3.8, 4) is 0 Å². The second kappa shape index (κ2) is 8.23. The van der Waals surface area contributed by atoms with Crippen LogP contribution in [-0.2, 0) is 4.74 Å². The third kappa shape index (κ3) is 5.05. The Morgan fingerprint density at radius 2 is 2.21 bits per heavy atom. The van der Waals surface area contributed by atoms with E-state index in [1.807, 2.05) is 7.11 Å². The van der Waals surface area contributed by atoms with Crippen LogP contribution in [0.25, 0.3) is 0 Å². The highest BCUT2D eigenvalue weighted by Crippen LogP contribution is 2.24. The van der Waals surface area contributed by atoms with E-state index in [-0.39, 0.29) is 0 Å². The number of hydrogen-bond donors (Lipinski definition) is 1. The normalized spacial score (nSPS) is 31.3. The summed E-state index contributed by atoms with van der Waals surface area (Å²) in [5, 5.41) is 3.55. The first-order valence-corrected chi connectivity index (χ1v) is 8.21. The Balaban J connectivity index is 1.66. The predicted octanol–water partition coefficient (Wildman–Crippen LogP) is 2.37. The molecule has 2 aliphatic heterocycles. The van der Waals surface area contributed by atoms with Gasteiger partial charge in [-0.25, -0.2) is 0 Å². The topological polar surface area (TPSA) is 24.5 Å². The molecule has 112 valence electrons. The van der Waals surface area contributed by atoms with Crippen molar-refractivity contribution >= 4 is 0 Å². The molecule has 3 heteroatoms. The van der Waals surface area contributed by atoms with Crippen molar-refractivity contribution in [3.05, 3.63) is 0 Å². The molecule has 19 heavy (non-hydrogen) atoms. The van der Waals surface area contributed by atoms with Crippen LogP contribution in [0.3, 0.4) is 0 Å². The summed E-state index contributed by atoms with van der Waals surface area (Å²) in [4.78, 5) is 2.67. The molecule has 0 aromatic carbocycles. The lowest BCUT2D eigenvalue weighted by atomic mass is 9.85. The largest absolute Gasteiger partial charge is 0.384 e. The first kappa shape index (κ1) is 15.3. The van der Waals surface area contributed by atoms with Gasteiger partial charge in [0.15, 0.2) is 0 Å². The van der Waals surface area contributed by atoms with E-state index in [1.165, 1.54) is 64.8 Å². The Hall–Kier alpha value is -0.120. The van der Waals surface area contributed by atoms with Crippen molar-refractivity contribution in [1.29, 1.82) is 0 Å². The highest BCUT2D eigenvalue weighted by atomic mass is 16.5. The first-order chi connectivity index (χ1) is 9.29. The van der Waals surface area contributed by atoms with E-state index < -0.39 is 0 Å². The maximum Gasteiger partial charge on any atom is 0.0502 e. The van der Waals surface area contributed by atoms with Gasteiger partial charge in [0.2, 0.25) is 0 Å². The first-order valence-electron chi connectivity index (χ1n) is 8.21. The van der Waals surface area contributed by atoms with E-state index in [4.69, 9.17) is 4.74 Å². The highest BCUT2D eigenvalue weighted by molar-refractivity contribution is 4.77. The molecule has 3 unspecified atom stereocenters. The number of hydrogen-bond acceptors (Lipinski definition) is 3. The smallest absolute Gasteiger partial charge is 0.0502 e. The minimum atomic E-state index is 0.769. The lowest BCUT2D eigenvalue weighted by Crippen LogP contribution is -2.39. The molecule has 0 aromatic heterocycles. The Kier molecular flexibility index (Phi) is 6.62. The second-order valence-corrected chi connectivity index (χ2v) is 6.64. The molecule has 2 aliphatic rings. The third-order valence-corrected chi connectivity index (χ3v) is 5.05. The fourth-order valence-electron chi connectivity index (χ4n) is 3.71. The average molecular weight is 268 g/mol. The van der Waals surface area contributed by atoms with E-state index in [0.717, 1.165) is 24.4 Å². The Morgan fingerprint density at radius 1 is 1.32 bits per heavy atom. The molecule has 3 nitrogen and oxygen atoms in total. The van der Waals surface area contributed by atoms with Crippen molar-refractivity contribution in [3.63, 3.8) is 0 Å². The molecule has 2 heterocycles. The molecule has 0 spiro atoms. The fraction of sp³-hybridized carbons (Fsp3) is 1.00. The predicted molar refractivity (Wildman–Crippen MR) is 80.4 cm³/mol. The lowest BCUT2D eigenvalue weighted by Gasteiger charge is -2.34. The molecule has 0 radical (unpaired) electrons. The van der Waals surface area contributed by atoms with Crippen LogP contribution in [0.5, 0.6) is 0 Å². The summed E-state index contributed by atoms with van der Waals surface area (Å²) in [6.45, 7) is 9.71. The van der Waals surface area contributed by atoms with Crippen molar-refractivity contribution in [2.75, 3.05) is 46.4 Å². The van der Waals surface area contributed by atoms with Gasteiger partial charge in [0, 0.05) is 13.7 Å². The summed E-state index contributed by atoms with van der Waals surface area (Å²) in [5.41, 5.74) is 0. The van der Waals surface area contributed by atoms with Gasteiger partial charge < -0.3 is 15.0 Å². The van der Waals surface area contributed by atoms with Crippen LogP contribution in [-0.4, -0.2) is 51.3 Å². The molecule has 0 amide bonds. The Bertz CT molecular complexity index is 239. The quantitative estimate of drug-likeness (QED) is 0.800. The molecule has 2 saturated heterocycles. The summed E-state index contributed by atoms with van der Waals surface area (Å²) in [5.74, 6) is 2.55. The van der Waals surface area contributed by atoms with Crippen LogP contribution in [0, 0.1) is 17.8 Å². The van der Waals surface area contributed by atoms with E-state index in [1.54, 1.807) is 0 Å². The van der Waals surface area contributed by atoms with Crippen LogP contribution in [0.1, 0.15) is 39.0 Å². The number of nitrogens with one attached hydrogen (secondary N) is 1. The fourth-order valence-corrected chi connectivity index (χ4v) is 3.71. The lowest BCUT2D eigenvalue weighted by molar-refractivity contribution is 0.0857. The number of likely N-dealkylation sites (tertiary alicyclic amines) is 1. The van der Waals surface area contributed by atoms with Gasteiger partial charge in [-0.15, -0.1) is 0 Å². The van der Waals surface area contributed by atoms with E-state index >= 15 is 0 Å². The van der Waals surface area contributed by atoms with Crippen LogP contribution in [0.2, 0.25) is 0 Å². The van der Waals surface area contributed by atoms with Crippen LogP contribution >= 0.6 is 0 Å². The molecule has 3 atom stereocenters. The Morgan fingerprint density at radius 3 is 2.95 bits per heavy atom. The minimum Gasteiger partial charge on any atom is -0.384 e. The number of methoxy groups -OCH3 is 1. The summed E-state index contributed by atoms with van der Waals surface area (Å²) >= 11 is 0. The number of nitrogens with zero attached hydrogens (tertiary/aromatic N) is 1. The monoisotopic (exact) mass is 268 g/mol. The van der Waals surface area contributed by atoms with Gasteiger partial charge in [-0.1, -0.05) is 6.92 Å². The van der Waals surface area contributed by atoms with E-state index in [0.29, 0.717) is 0 Å². The van der Waals surface area contributed by atoms with Gasteiger partial charge >= 0.3 is 0 Å². The van der Waals surface area contributed by atoms with Gasteiger partial charge in [-0.2, -0.15) is 0 Å². The van der Waals surface area contributed by atoms with Crippen molar-refractivity contribution in [2.24, 2.45) is 17.8 Å². The minimum absolute atomic E-state index is 0.769. The Labute approximate surface area is 119 Å². The summed E-state index contributed by atoms with van der Waals surface area (Å²) in [6.07, 6.45) is 6.88. The SMILES string of the molecule is COCC1CCCN(CCC(C)C2CCCNC2)C1. The second-order valence-electron chi connectivity index (χ2n) is 6.64. The maximum absolute atomic E-state index is 5.32. The van der Waals surface area contributed by atoms with Gasteiger partial charge in [-0.05, 0) is 76.0 Å². The van der Waals surface area contributed by atoms with Crippen molar-refractivity contribution in [2.45, 2.75) is 39.0 Å². The zero-order valence-electron chi connectivity index (χ0n) is 12.9. The number of rotatable bonds is 6. The molecule has 1 N–H and O–H groups in total. The van der Waals surface area contributed by atoms with Crippen LogP contribution in [0.15, 0.2) is 0 Å². The van der Waals surface area contributed by atoms with Gasteiger partial charge in [0.05, 0.1) is 6.61 Å². The molecular weight excluding hydrogens is 236 g/mol. The van der Waals surface area contributed by atoms with Gasteiger partial charge in [0.25, 0.3) is 0 Å². The number of ether oxygens (including phenoxy) is 1. The van der Waals surface area contributed by atoms with Gasteiger partial charge in [0.1, 0.15) is 0 Å². The van der Waals surface area contributed by atoms with Crippen LogP contribution < -0.4 is 5.32 Å². The molecule has 0 saturated carbocycles. The highest BCUT2D eigenvalue weighted by Gasteiger charge is 2.23. The summed E-state index contributed by atoms with van der Waals surface area (Å²) in [7, 11) is 1.83. The van der Waals surface area contributed by atoms with Crippen molar-refractivity contribution < 1.29 is 4.74 Å². The van der Waals surface area contributed by atoms with Crippen LogP contribution in [0.4, 0.5) is 0 Å². The molecule has 0 aromatic rings. The average Bonchev–Trinajstić information content (AvgIpc) is 2.46. The summed E-state index contributed by atoms with van der Waals surface area (Å²) in [6, 6.07) is 0. The number of piperidine rings is 2. The molecule has 2 fully saturated rings. The molecular formula is C16H32N2O.